The zero-order chi connectivity index (χ0) is 17.8. The molecule has 0 unspecified atom stereocenters. The second kappa shape index (κ2) is 7.29. The standard InChI is InChI=1S/C20H18N4S/c1-13-4-7-16(8-5-13)19-12-25-20(22-19)18(11-21)24-23-17-9-6-14(2)10-15(17)3/h4-10,12,23H,1-3H3/b24-18-. The third-order valence-electron chi connectivity index (χ3n) is 3.83. The molecule has 0 saturated heterocycles. The lowest BCUT2D eigenvalue weighted by atomic mass is 10.1. The highest BCUT2D eigenvalue weighted by Gasteiger charge is 2.10. The van der Waals surface area contributed by atoms with E-state index < -0.39 is 0 Å². The molecule has 0 aliphatic carbocycles. The molecule has 25 heavy (non-hydrogen) atoms. The zero-order valence-electron chi connectivity index (χ0n) is 14.4. The van der Waals surface area contributed by atoms with Crippen molar-refractivity contribution < 1.29 is 0 Å². The van der Waals surface area contributed by atoms with Crippen molar-refractivity contribution in [3.8, 4) is 17.3 Å². The van der Waals surface area contributed by atoms with Crippen molar-refractivity contribution in [1.82, 2.24) is 4.98 Å². The number of thiazole rings is 1. The van der Waals surface area contributed by atoms with Crippen molar-refractivity contribution in [3.05, 3.63) is 69.5 Å². The summed E-state index contributed by atoms with van der Waals surface area (Å²) in [6.45, 7) is 6.11. The van der Waals surface area contributed by atoms with Crippen LogP contribution in [0, 0.1) is 32.1 Å². The van der Waals surface area contributed by atoms with E-state index in [0.29, 0.717) is 5.01 Å². The van der Waals surface area contributed by atoms with Crippen LogP contribution in [-0.4, -0.2) is 10.7 Å². The maximum atomic E-state index is 9.43. The molecule has 1 N–H and O–H groups in total. The number of rotatable bonds is 4. The van der Waals surface area contributed by atoms with E-state index in [4.69, 9.17) is 0 Å². The highest BCUT2D eigenvalue weighted by molar-refractivity contribution is 7.12. The molecule has 0 bridgehead atoms. The van der Waals surface area contributed by atoms with Crippen LogP contribution in [0.5, 0.6) is 0 Å². The summed E-state index contributed by atoms with van der Waals surface area (Å²) in [4.78, 5) is 4.56. The third-order valence-corrected chi connectivity index (χ3v) is 4.68. The van der Waals surface area contributed by atoms with Gasteiger partial charge in [0.25, 0.3) is 0 Å². The number of benzene rings is 2. The SMILES string of the molecule is Cc1ccc(-c2csc(/C(C#N)=N\Nc3ccc(C)cc3C)n2)cc1. The van der Waals surface area contributed by atoms with Crippen molar-refractivity contribution in [3.63, 3.8) is 0 Å². The van der Waals surface area contributed by atoms with E-state index in [9.17, 15) is 5.26 Å². The Morgan fingerprint density at radius 2 is 1.80 bits per heavy atom. The number of nitrogens with one attached hydrogen (secondary N) is 1. The smallest absolute Gasteiger partial charge is 0.196 e. The molecule has 0 aliphatic heterocycles. The first kappa shape index (κ1) is 16.9. The number of aryl methyl sites for hydroxylation is 3. The first-order valence-corrected chi connectivity index (χ1v) is 8.79. The van der Waals surface area contributed by atoms with E-state index in [1.165, 1.54) is 22.5 Å². The van der Waals surface area contributed by atoms with Crippen molar-refractivity contribution in [2.75, 3.05) is 5.43 Å². The van der Waals surface area contributed by atoms with Gasteiger partial charge in [-0.05, 0) is 32.4 Å². The summed E-state index contributed by atoms with van der Waals surface area (Å²) in [5.74, 6) is 0. The number of hydrogen-bond acceptors (Lipinski definition) is 5. The Morgan fingerprint density at radius 1 is 1.08 bits per heavy atom. The van der Waals surface area contributed by atoms with Gasteiger partial charge in [0.15, 0.2) is 10.7 Å². The molecular formula is C20H18N4S. The fourth-order valence-corrected chi connectivity index (χ4v) is 3.18. The van der Waals surface area contributed by atoms with Gasteiger partial charge in [-0.3, -0.25) is 5.43 Å². The maximum absolute atomic E-state index is 9.43. The molecule has 0 atom stereocenters. The van der Waals surface area contributed by atoms with E-state index in [1.54, 1.807) is 0 Å². The highest BCUT2D eigenvalue weighted by Crippen LogP contribution is 2.23. The van der Waals surface area contributed by atoms with Gasteiger partial charge in [-0.25, -0.2) is 4.98 Å². The Bertz CT molecular complexity index is 962. The molecule has 0 fully saturated rings. The molecule has 5 heteroatoms. The largest absolute Gasteiger partial charge is 0.277 e. The Balaban J connectivity index is 1.84. The molecule has 0 saturated carbocycles. The number of nitriles is 1. The molecule has 2 aromatic carbocycles. The first-order valence-electron chi connectivity index (χ1n) is 7.91. The predicted octanol–water partition coefficient (Wildman–Crippen LogP) is 5.08. The number of nitrogens with zero attached hydrogens (tertiary/aromatic N) is 3. The van der Waals surface area contributed by atoms with E-state index in [1.807, 2.05) is 43.5 Å². The van der Waals surface area contributed by atoms with Crippen LogP contribution in [0.25, 0.3) is 11.3 Å². The molecule has 0 radical (unpaired) electrons. The monoisotopic (exact) mass is 346 g/mol. The van der Waals surface area contributed by atoms with Gasteiger partial charge in [0.2, 0.25) is 0 Å². The number of anilines is 1. The lowest BCUT2D eigenvalue weighted by Crippen LogP contribution is -2.02. The minimum absolute atomic E-state index is 0.281. The summed E-state index contributed by atoms with van der Waals surface area (Å²) in [6, 6.07) is 16.3. The third kappa shape index (κ3) is 3.93. The first-order chi connectivity index (χ1) is 12.1. The zero-order valence-corrected chi connectivity index (χ0v) is 15.2. The lowest BCUT2D eigenvalue weighted by Gasteiger charge is -2.05. The van der Waals surface area contributed by atoms with Gasteiger partial charge < -0.3 is 0 Å². The van der Waals surface area contributed by atoms with Crippen molar-refractivity contribution >= 4 is 22.7 Å². The van der Waals surface area contributed by atoms with Gasteiger partial charge in [0, 0.05) is 10.9 Å². The molecule has 1 aromatic heterocycles. The van der Waals surface area contributed by atoms with Crippen LogP contribution in [-0.2, 0) is 0 Å². The van der Waals surface area contributed by atoms with Crippen LogP contribution in [0.3, 0.4) is 0 Å². The number of hydrazone groups is 1. The Morgan fingerprint density at radius 3 is 2.48 bits per heavy atom. The molecule has 0 amide bonds. The van der Waals surface area contributed by atoms with Gasteiger partial charge in [0.1, 0.15) is 6.07 Å². The second-order valence-electron chi connectivity index (χ2n) is 5.91. The topological polar surface area (TPSA) is 61.1 Å². The molecule has 0 spiro atoms. The van der Waals surface area contributed by atoms with Gasteiger partial charge in [-0.2, -0.15) is 10.4 Å². The molecular weight excluding hydrogens is 328 g/mol. The Kier molecular flexibility index (Phi) is 4.92. The van der Waals surface area contributed by atoms with E-state index >= 15 is 0 Å². The fraction of sp³-hybridized carbons (Fsp3) is 0.150. The summed E-state index contributed by atoms with van der Waals surface area (Å²) in [6.07, 6.45) is 0. The van der Waals surface area contributed by atoms with Gasteiger partial charge in [-0.15, -0.1) is 11.3 Å². The van der Waals surface area contributed by atoms with E-state index in [0.717, 1.165) is 22.5 Å². The average molecular weight is 346 g/mol. The van der Waals surface area contributed by atoms with Crippen LogP contribution in [0.15, 0.2) is 52.9 Å². The Hall–Kier alpha value is -2.97. The van der Waals surface area contributed by atoms with Gasteiger partial charge in [-0.1, -0.05) is 47.5 Å². The summed E-state index contributed by atoms with van der Waals surface area (Å²) in [5, 5.41) is 16.2. The van der Waals surface area contributed by atoms with E-state index in [-0.39, 0.29) is 5.71 Å². The summed E-state index contributed by atoms with van der Waals surface area (Å²) in [5.41, 5.74) is 9.51. The minimum Gasteiger partial charge on any atom is -0.277 e. The molecule has 3 aromatic rings. The van der Waals surface area contributed by atoms with Crippen LogP contribution in [0.2, 0.25) is 0 Å². The molecule has 0 aliphatic rings. The highest BCUT2D eigenvalue weighted by atomic mass is 32.1. The molecule has 3 rings (SSSR count). The normalized spacial score (nSPS) is 11.2. The van der Waals surface area contributed by atoms with Crippen molar-refractivity contribution in [2.45, 2.75) is 20.8 Å². The lowest BCUT2D eigenvalue weighted by molar-refractivity contribution is 1.27. The van der Waals surface area contributed by atoms with Crippen LogP contribution in [0.1, 0.15) is 21.7 Å². The van der Waals surface area contributed by atoms with E-state index in [2.05, 4.69) is 46.7 Å². The summed E-state index contributed by atoms with van der Waals surface area (Å²) in [7, 11) is 0. The Labute approximate surface area is 151 Å². The average Bonchev–Trinajstić information content (AvgIpc) is 3.07. The van der Waals surface area contributed by atoms with Crippen molar-refractivity contribution in [2.24, 2.45) is 5.10 Å². The minimum atomic E-state index is 0.281. The van der Waals surface area contributed by atoms with Crippen LogP contribution in [0.4, 0.5) is 5.69 Å². The number of aromatic nitrogens is 1. The van der Waals surface area contributed by atoms with Gasteiger partial charge in [0.05, 0.1) is 11.4 Å². The quantitative estimate of drug-likeness (QED) is 0.529. The summed E-state index contributed by atoms with van der Waals surface area (Å²) < 4.78 is 0. The summed E-state index contributed by atoms with van der Waals surface area (Å²) >= 11 is 1.42. The fourth-order valence-electron chi connectivity index (χ4n) is 2.42. The molecule has 124 valence electrons. The molecule has 4 nitrogen and oxygen atoms in total. The van der Waals surface area contributed by atoms with Crippen LogP contribution < -0.4 is 5.43 Å². The van der Waals surface area contributed by atoms with Crippen LogP contribution >= 0.6 is 11.3 Å². The molecule has 1 heterocycles. The van der Waals surface area contributed by atoms with Gasteiger partial charge >= 0.3 is 0 Å². The predicted molar refractivity (Wildman–Crippen MR) is 104 cm³/mol. The number of hydrogen-bond donors (Lipinski definition) is 1. The second-order valence-corrected chi connectivity index (χ2v) is 6.76. The van der Waals surface area contributed by atoms with Crippen molar-refractivity contribution in [1.29, 1.82) is 5.26 Å². The maximum Gasteiger partial charge on any atom is 0.196 e.